The lowest BCUT2D eigenvalue weighted by Crippen LogP contribution is -2.27. The van der Waals surface area contributed by atoms with E-state index >= 15 is 0 Å². The predicted molar refractivity (Wildman–Crippen MR) is 87.7 cm³/mol. The van der Waals surface area contributed by atoms with Crippen LogP contribution in [0.15, 0.2) is 53.4 Å². The zero-order valence-electron chi connectivity index (χ0n) is 13.2. The second kappa shape index (κ2) is 6.93. The highest BCUT2D eigenvalue weighted by atomic mass is 32.2. The van der Waals surface area contributed by atoms with Gasteiger partial charge in [0.1, 0.15) is 0 Å². The molecule has 0 radical (unpaired) electrons. The molecular formula is C17H19NO4S. The van der Waals surface area contributed by atoms with E-state index in [0.29, 0.717) is 0 Å². The number of carbonyl (C=O) groups is 1. The van der Waals surface area contributed by atoms with Crippen molar-refractivity contribution in [2.24, 2.45) is 0 Å². The van der Waals surface area contributed by atoms with Gasteiger partial charge in [0, 0.05) is 6.04 Å². The number of benzene rings is 2. The fraction of sp³-hybridized carbons (Fsp3) is 0.235. The monoisotopic (exact) mass is 333 g/mol. The van der Waals surface area contributed by atoms with E-state index in [2.05, 4.69) is 9.46 Å². The lowest BCUT2D eigenvalue weighted by atomic mass is 10.1. The van der Waals surface area contributed by atoms with Crippen molar-refractivity contribution >= 4 is 16.0 Å². The van der Waals surface area contributed by atoms with Crippen LogP contribution in [0.25, 0.3) is 0 Å². The maximum absolute atomic E-state index is 12.5. The Morgan fingerprint density at radius 1 is 1.13 bits per heavy atom. The number of methoxy groups -OCH3 is 1. The van der Waals surface area contributed by atoms with Crippen molar-refractivity contribution in [3.8, 4) is 0 Å². The van der Waals surface area contributed by atoms with Crippen LogP contribution in [0.3, 0.4) is 0 Å². The Morgan fingerprint density at radius 3 is 2.39 bits per heavy atom. The Bertz CT molecular complexity index is 798. The van der Waals surface area contributed by atoms with Crippen molar-refractivity contribution in [2.75, 3.05) is 7.11 Å². The number of aryl methyl sites for hydroxylation is 1. The van der Waals surface area contributed by atoms with Gasteiger partial charge in [-0.15, -0.1) is 0 Å². The highest BCUT2D eigenvalue weighted by Crippen LogP contribution is 2.18. The number of ether oxygens (including phenoxy) is 1. The summed E-state index contributed by atoms with van der Waals surface area (Å²) in [5.74, 6) is -0.575. The minimum atomic E-state index is -3.74. The Balaban J connectivity index is 2.24. The first-order chi connectivity index (χ1) is 10.8. The Labute approximate surface area is 136 Å². The van der Waals surface area contributed by atoms with E-state index in [-0.39, 0.29) is 16.5 Å². The maximum atomic E-state index is 12.5. The minimum absolute atomic E-state index is 0.0272. The molecular weight excluding hydrogens is 314 g/mol. The average Bonchev–Trinajstić information content (AvgIpc) is 2.54. The fourth-order valence-electron chi connectivity index (χ4n) is 2.13. The minimum Gasteiger partial charge on any atom is -0.465 e. The molecule has 0 unspecified atom stereocenters. The highest BCUT2D eigenvalue weighted by Gasteiger charge is 2.19. The van der Waals surface area contributed by atoms with Gasteiger partial charge in [0.25, 0.3) is 0 Å². The third-order valence-corrected chi connectivity index (χ3v) is 5.01. The van der Waals surface area contributed by atoms with E-state index in [9.17, 15) is 13.2 Å². The van der Waals surface area contributed by atoms with Gasteiger partial charge in [-0.1, -0.05) is 35.9 Å². The molecule has 0 heterocycles. The lowest BCUT2D eigenvalue weighted by molar-refractivity contribution is 0.0600. The van der Waals surface area contributed by atoms with Crippen molar-refractivity contribution in [3.63, 3.8) is 0 Å². The van der Waals surface area contributed by atoms with Crippen LogP contribution in [0.1, 0.15) is 34.5 Å². The molecule has 2 aromatic rings. The zero-order valence-corrected chi connectivity index (χ0v) is 14.1. The molecule has 2 aromatic carbocycles. The molecule has 5 nitrogen and oxygen atoms in total. The molecule has 1 N–H and O–H groups in total. The second-order valence-electron chi connectivity index (χ2n) is 5.27. The van der Waals surface area contributed by atoms with E-state index in [1.807, 2.05) is 31.2 Å². The molecule has 0 aliphatic carbocycles. The van der Waals surface area contributed by atoms with Crippen LogP contribution in [-0.2, 0) is 14.8 Å². The van der Waals surface area contributed by atoms with Gasteiger partial charge in [-0.2, -0.15) is 0 Å². The number of hydrogen-bond acceptors (Lipinski definition) is 4. The Morgan fingerprint density at radius 2 is 1.78 bits per heavy atom. The van der Waals surface area contributed by atoms with Crippen LogP contribution in [0.5, 0.6) is 0 Å². The summed E-state index contributed by atoms with van der Waals surface area (Å²) in [5.41, 5.74) is 2.16. The molecule has 122 valence electrons. The second-order valence-corrected chi connectivity index (χ2v) is 6.99. The van der Waals surface area contributed by atoms with Gasteiger partial charge in [-0.25, -0.2) is 17.9 Å². The summed E-state index contributed by atoms with van der Waals surface area (Å²) in [6.45, 7) is 3.74. The Kier molecular flexibility index (Phi) is 5.18. The zero-order chi connectivity index (χ0) is 17.0. The van der Waals surface area contributed by atoms with Crippen molar-refractivity contribution in [2.45, 2.75) is 24.8 Å². The standard InChI is InChI=1S/C17H19NO4S/c1-12-7-9-14(10-8-12)13(2)18-23(20,21)16-6-4-5-15(11-16)17(19)22-3/h4-11,13,18H,1-3H3/t13-/m1/s1. The van der Waals surface area contributed by atoms with Crippen LogP contribution in [-0.4, -0.2) is 21.5 Å². The molecule has 0 aromatic heterocycles. The van der Waals surface area contributed by atoms with E-state index < -0.39 is 16.0 Å². The van der Waals surface area contributed by atoms with Crippen molar-refractivity contribution in [3.05, 3.63) is 65.2 Å². The SMILES string of the molecule is COC(=O)c1cccc(S(=O)(=O)N[C@H](C)c2ccc(C)cc2)c1. The van der Waals surface area contributed by atoms with Gasteiger partial charge in [0.05, 0.1) is 17.6 Å². The van der Waals surface area contributed by atoms with E-state index in [1.165, 1.54) is 31.4 Å². The van der Waals surface area contributed by atoms with Crippen LogP contribution >= 0.6 is 0 Å². The summed E-state index contributed by atoms with van der Waals surface area (Å²) in [4.78, 5) is 11.6. The van der Waals surface area contributed by atoms with Crippen molar-refractivity contribution in [1.82, 2.24) is 4.72 Å². The first-order valence-electron chi connectivity index (χ1n) is 7.11. The topological polar surface area (TPSA) is 72.5 Å². The van der Waals surface area contributed by atoms with Crippen LogP contribution in [0.2, 0.25) is 0 Å². The molecule has 0 spiro atoms. The fourth-order valence-corrected chi connectivity index (χ4v) is 3.41. The summed E-state index contributed by atoms with van der Waals surface area (Å²) < 4.78 is 32.2. The van der Waals surface area contributed by atoms with Gasteiger partial charge in [0.15, 0.2) is 0 Å². The van der Waals surface area contributed by atoms with Gasteiger partial charge in [0.2, 0.25) is 10.0 Å². The molecule has 0 aliphatic heterocycles. The molecule has 0 amide bonds. The number of carbonyl (C=O) groups excluding carboxylic acids is 1. The average molecular weight is 333 g/mol. The van der Waals surface area contributed by atoms with E-state index in [4.69, 9.17) is 0 Å². The summed E-state index contributed by atoms with van der Waals surface area (Å²) in [6, 6.07) is 13.0. The smallest absolute Gasteiger partial charge is 0.337 e. The number of esters is 1. The predicted octanol–water partition coefficient (Wildman–Crippen LogP) is 2.82. The van der Waals surface area contributed by atoms with Crippen LogP contribution in [0.4, 0.5) is 0 Å². The molecule has 0 aliphatic rings. The van der Waals surface area contributed by atoms with Gasteiger partial charge >= 0.3 is 5.97 Å². The molecule has 2 rings (SSSR count). The molecule has 6 heteroatoms. The number of nitrogens with one attached hydrogen (secondary N) is 1. The third-order valence-electron chi connectivity index (χ3n) is 3.47. The van der Waals surface area contributed by atoms with E-state index in [0.717, 1.165) is 11.1 Å². The normalized spacial score (nSPS) is 12.7. The van der Waals surface area contributed by atoms with Crippen LogP contribution < -0.4 is 4.72 Å². The van der Waals surface area contributed by atoms with Gasteiger partial charge < -0.3 is 4.74 Å². The van der Waals surface area contributed by atoms with Crippen molar-refractivity contribution < 1.29 is 17.9 Å². The van der Waals surface area contributed by atoms with Crippen molar-refractivity contribution in [1.29, 1.82) is 0 Å². The number of hydrogen-bond donors (Lipinski definition) is 1. The van der Waals surface area contributed by atoms with Crippen LogP contribution in [0, 0.1) is 6.92 Å². The largest absolute Gasteiger partial charge is 0.465 e. The van der Waals surface area contributed by atoms with Gasteiger partial charge in [-0.05, 0) is 37.6 Å². The molecule has 23 heavy (non-hydrogen) atoms. The molecule has 0 saturated heterocycles. The lowest BCUT2D eigenvalue weighted by Gasteiger charge is -2.15. The van der Waals surface area contributed by atoms with E-state index in [1.54, 1.807) is 6.92 Å². The summed E-state index contributed by atoms with van der Waals surface area (Å²) in [5, 5.41) is 0. The molecule has 0 saturated carbocycles. The number of rotatable bonds is 5. The first kappa shape index (κ1) is 17.2. The summed E-state index contributed by atoms with van der Waals surface area (Å²) in [6.07, 6.45) is 0. The highest BCUT2D eigenvalue weighted by molar-refractivity contribution is 7.89. The Hall–Kier alpha value is -2.18. The number of sulfonamides is 1. The molecule has 0 fully saturated rings. The van der Waals surface area contributed by atoms with Gasteiger partial charge in [-0.3, -0.25) is 0 Å². The summed E-state index contributed by atoms with van der Waals surface area (Å²) in [7, 11) is -2.49. The first-order valence-corrected chi connectivity index (χ1v) is 8.59. The quantitative estimate of drug-likeness (QED) is 0.854. The molecule has 1 atom stereocenters. The third kappa shape index (κ3) is 4.18. The summed E-state index contributed by atoms with van der Waals surface area (Å²) >= 11 is 0. The maximum Gasteiger partial charge on any atom is 0.337 e. The molecule has 0 bridgehead atoms.